The number of rotatable bonds is 4. The number of aliphatic hydroxyl groups excluding tert-OH is 1. The van der Waals surface area contributed by atoms with E-state index in [4.69, 9.17) is 20.1 Å². The van der Waals surface area contributed by atoms with Crippen LogP contribution in [0.25, 0.3) is 0 Å². The second-order valence-corrected chi connectivity index (χ2v) is 4.53. The fourth-order valence-corrected chi connectivity index (χ4v) is 0.898. The summed E-state index contributed by atoms with van der Waals surface area (Å²) in [6.07, 6.45) is -6.00. The van der Waals surface area contributed by atoms with Gasteiger partial charge in [0.15, 0.2) is 0 Å². The van der Waals surface area contributed by atoms with Gasteiger partial charge in [-0.2, -0.15) is 13.2 Å². The molecule has 0 aromatic rings. The molecule has 0 aliphatic rings. The molecule has 0 fully saturated rings. The molecule has 18 heavy (non-hydrogen) atoms. The van der Waals surface area contributed by atoms with Gasteiger partial charge in [-0.1, -0.05) is 0 Å². The summed E-state index contributed by atoms with van der Waals surface area (Å²) in [6.45, 7) is 0.465. The number of aliphatic hydroxyl groups is 1. The van der Waals surface area contributed by atoms with Gasteiger partial charge in [-0.3, -0.25) is 4.79 Å². The van der Waals surface area contributed by atoms with Crippen LogP contribution in [0.4, 0.5) is 13.2 Å². The highest BCUT2D eigenvalue weighted by atomic mass is 19.4. The lowest BCUT2D eigenvalue weighted by Crippen LogP contribution is -2.42. The van der Waals surface area contributed by atoms with Gasteiger partial charge in [0.2, 0.25) is 0 Å². The van der Waals surface area contributed by atoms with Crippen LogP contribution in [0, 0.1) is 0 Å². The first-order chi connectivity index (χ1) is 7.75. The van der Waals surface area contributed by atoms with Crippen molar-refractivity contribution in [1.29, 1.82) is 0 Å². The fourth-order valence-electron chi connectivity index (χ4n) is 0.898. The number of likely N-dealkylation sites (N-methyl/N-ethyl adjacent to an activating group) is 1. The maximum absolute atomic E-state index is 10.6. The molecule has 0 bridgehead atoms. The van der Waals surface area contributed by atoms with Gasteiger partial charge >= 0.3 is 18.1 Å². The van der Waals surface area contributed by atoms with Crippen molar-refractivity contribution in [2.75, 3.05) is 27.7 Å². The summed E-state index contributed by atoms with van der Waals surface area (Å²) >= 11 is 0. The molecule has 0 saturated carbocycles. The summed E-state index contributed by atoms with van der Waals surface area (Å²) in [5.74, 6) is -3.71. The van der Waals surface area contributed by atoms with Gasteiger partial charge in [0.25, 0.3) is 0 Å². The summed E-state index contributed by atoms with van der Waals surface area (Å²) < 4.78 is 32.3. The largest absolute Gasteiger partial charge is 0.490 e. The highest BCUT2D eigenvalue weighted by molar-refractivity contribution is 5.73. The molecule has 0 aliphatic carbocycles. The lowest BCUT2D eigenvalue weighted by Gasteiger charge is -2.25. The molecule has 3 N–H and O–H groups in total. The van der Waals surface area contributed by atoms with E-state index in [1.807, 2.05) is 21.1 Å². The zero-order chi connectivity index (χ0) is 15.1. The molecule has 0 unspecified atom stereocenters. The number of alkyl halides is 3. The lowest BCUT2D eigenvalue weighted by atomic mass is 10.2. The molecule has 0 aromatic carbocycles. The zero-order valence-corrected chi connectivity index (χ0v) is 10.2. The maximum Gasteiger partial charge on any atom is 0.490 e. The minimum atomic E-state index is -5.08. The molecule has 0 heterocycles. The average Bonchev–Trinajstić information content (AvgIpc) is 1.96. The predicted octanol–water partition coefficient (Wildman–Crippen LogP) is 0.161. The molecular weight excluding hydrogens is 259 g/mol. The van der Waals surface area contributed by atoms with Crippen LogP contribution in [-0.2, 0) is 9.59 Å². The third kappa shape index (κ3) is 14.6. The molecule has 0 radical (unpaired) electrons. The minimum absolute atomic E-state index is 0.171. The molecule has 0 saturated heterocycles. The summed E-state index contributed by atoms with van der Waals surface area (Å²) in [7, 11) is 5.72. The third-order valence-electron chi connectivity index (χ3n) is 1.41. The van der Waals surface area contributed by atoms with Gasteiger partial charge in [0, 0.05) is 0 Å². The van der Waals surface area contributed by atoms with E-state index in [1.54, 1.807) is 0 Å². The molecule has 0 spiro atoms. The smallest absolute Gasteiger partial charge is 0.481 e. The Kier molecular flexibility index (Phi) is 7.56. The van der Waals surface area contributed by atoms with E-state index in [0.29, 0.717) is 11.0 Å². The van der Waals surface area contributed by atoms with Gasteiger partial charge in [-0.05, 0) is 0 Å². The molecule has 0 amide bonds. The monoisotopic (exact) mass is 276 g/mol. The van der Waals surface area contributed by atoms with Crippen molar-refractivity contribution in [2.45, 2.75) is 18.7 Å². The van der Waals surface area contributed by atoms with Crippen LogP contribution >= 0.6 is 0 Å². The standard InChI is InChI=1S/C7H15NO3.C2HF3O2/c1-8(2,3)5-6(9)4-7(10)11;3-2(4,5)1(6)7/h6,9H,4-5H2,1-3H3;(H,6,7)/p+1/t6-;/m1./s1. The van der Waals surface area contributed by atoms with Gasteiger partial charge in [-0.15, -0.1) is 0 Å². The first-order valence-electron chi connectivity index (χ1n) is 4.76. The van der Waals surface area contributed by atoms with E-state index in [0.717, 1.165) is 0 Å². The highest BCUT2D eigenvalue weighted by Crippen LogP contribution is 2.13. The average molecular weight is 276 g/mol. The molecular formula is C9H17F3NO5+. The second-order valence-electron chi connectivity index (χ2n) is 4.53. The lowest BCUT2D eigenvalue weighted by molar-refractivity contribution is -0.873. The number of carbonyl (C=O) groups is 2. The Morgan fingerprint density at radius 2 is 1.50 bits per heavy atom. The van der Waals surface area contributed by atoms with Crippen LogP contribution in [0.15, 0.2) is 0 Å². The Hall–Kier alpha value is -1.35. The summed E-state index contributed by atoms with van der Waals surface area (Å²) in [4.78, 5) is 19.0. The summed E-state index contributed by atoms with van der Waals surface area (Å²) in [5.41, 5.74) is 0. The number of carboxylic acid groups (broad SMARTS) is 2. The Morgan fingerprint density at radius 1 is 1.17 bits per heavy atom. The van der Waals surface area contributed by atoms with Crippen LogP contribution in [0.1, 0.15) is 6.42 Å². The van der Waals surface area contributed by atoms with E-state index < -0.39 is 24.2 Å². The van der Waals surface area contributed by atoms with Crippen molar-refractivity contribution in [3.63, 3.8) is 0 Å². The van der Waals surface area contributed by atoms with E-state index in [9.17, 15) is 18.0 Å². The molecule has 6 nitrogen and oxygen atoms in total. The normalized spacial score (nSPS) is 13.3. The topological polar surface area (TPSA) is 94.8 Å². The minimum Gasteiger partial charge on any atom is -0.481 e. The van der Waals surface area contributed by atoms with Crippen molar-refractivity contribution >= 4 is 11.9 Å². The first kappa shape index (κ1) is 19.0. The number of hydrogen-bond acceptors (Lipinski definition) is 3. The predicted molar refractivity (Wildman–Crippen MR) is 54.8 cm³/mol. The molecule has 108 valence electrons. The first-order valence-corrected chi connectivity index (χ1v) is 4.76. The number of quaternary nitrogens is 1. The summed E-state index contributed by atoms with van der Waals surface area (Å²) in [6, 6.07) is 0. The Labute approximate surface area is 102 Å². The van der Waals surface area contributed by atoms with Gasteiger partial charge < -0.3 is 19.8 Å². The second kappa shape index (κ2) is 7.17. The molecule has 9 heteroatoms. The number of carboxylic acids is 2. The Balaban J connectivity index is 0. The van der Waals surface area contributed by atoms with E-state index in [1.165, 1.54) is 0 Å². The van der Waals surface area contributed by atoms with Crippen molar-refractivity contribution in [3.05, 3.63) is 0 Å². The fraction of sp³-hybridized carbons (Fsp3) is 0.778. The van der Waals surface area contributed by atoms with E-state index in [2.05, 4.69) is 0 Å². The van der Waals surface area contributed by atoms with E-state index in [-0.39, 0.29) is 6.42 Å². The molecule has 0 rings (SSSR count). The van der Waals surface area contributed by atoms with Crippen molar-refractivity contribution in [3.8, 4) is 0 Å². The van der Waals surface area contributed by atoms with Crippen LogP contribution in [0.3, 0.4) is 0 Å². The van der Waals surface area contributed by atoms with Crippen LogP contribution < -0.4 is 0 Å². The van der Waals surface area contributed by atoms with Crippen LogP contribution in [0.5, 0.6) is 0 Å². The van der Waals surface area contributed by atoms with E-state index >= 15 is 0 Å². The Bertz CT molecular complexity index is 285. The summed E-state index contributed by atoms with van der Waals surface area (Å²) in [5, 5.41) is 24.6. The van der Waals surface area contributed by atoms with Crippen LogP contribution in [-0.4, -0.2) is 71.7 Å². The van der Waals surface area contributed by atoms with Gasteiger partial charge in [-0.25, -0.2) is 4.79 Å². The third-order valence-corrected chi connectivity index (χ3v) is 1.41. The zero-order valence-electron chi connectivity index (χ0n) is 10.2. The van der Waals surface area contributed by atoms with Gasteiger partial charge in [0.1, 0.15) is 12.6 Å². The van der Waals surface area contributed by atoms with Crippen LogP contribution in [0.2, 0.25) is 0 Å². The quantitative estimate of drug-likeness (QED) is 0.636. The van der Waals surface area contributed by atoms with Crippen molar-refractivity contribution in [2.24, 2.45) is 0 Å². The molecule has 0 aliphatic heterocycles. The Morgan fingerprint density at radius 3 is 1.67 bits per heavy atom. The number of aliphatic carboxylic acids is 2. The number of nitrogens with zero attached hydrogens (tertiary/aromatic N) is 1. The molecule has 1 atom stereocenters. The molecule has 0 aromatic heterocycles. The number of hydrogen-bond donors (Lipinski definition) is 3. The van der Waals surface area contributed by atoms with Gasteiger partial charge in [0.05, 0.1) is 27.6 Å². The van der Waals surface area contributed by atoms with Crippen molar-refractivity contribution in [1.82, 2.24) is 0 Å². The maximum atomic E-state index is 10.6. The highest BCUT2D eigenvalue weighted by Gasteiger charge is 2.38. The SMILES string of the molecule is C[N+](C)(C)C[C@H](O)CC(=O)O.O=C(O)C(F)(F)F. The van der Waals surface area contributed by atoms with Crippen molar-refractivity contribution < 1.29 is 42.6 Å². The number of halogens is 3.